The summed E-state index contributed by atoms with van der Waals surface area (Å²) in [7, 11) is -1.56. The number of nitrogens with zero attached hydrogens (tertiary/aromatic N) is 2. The summed E-state index contributed by atoms with van der Waals surface area (Å²) >= 11 is 0. The minimum atomic E-state index is -3.37. The molecule has 2 aromatic rings. The Hall–Kier alpha value is -1.89. The second kappa shape index (κ2) is 5.48. The van der Waals surface area contributed by atoms with Gasteiger partial charge in [-0.3, -0.25) is 4.68 Å². The molecule has 1 N–H and O–H groups in total. The van der Waals surface area contributed by atoms with Gasteiger partial charge in [0, 0.05) is 25.1 Å². The lowest BCUT2D eigenvalue weighted by Crippen LogP contribution is -2.09. The van der Waals surface area contributed by atoms with E-state index >= 15 is 0 Å². The number of nitrogens with one attached hydrogen (secondary N) is 1. The zero-order chi connectivity index (χ0) is 15.8. The molecule has 0 aliphatic heterocycles. The van der Waals surface area contributed by atoms with Crippen LogP contribution in [-0.2, 0) is 16.9 Å². The van der Waals surface area contributed by atoms with Gasteiger partial charge in [-0.1, -0.05) is 0 Å². The highest BCUT2D eigenvalue weighted by Crippen LogP contribution is 2.25. The molecule has 0 bridgehead atoms. The number of aryl methyl sites for hydroxylation is 2. The topological polar surface area (TPSA) is 64.0 Å². The average molecular weight is 311 g/mol. The van der Waals surface area contributed by atoms with Crippen molar-refractivity contribution in [3.8, 4) is 0 Å². The number of rotatable bonds is 4. The van der Waals surface area contributed by atoms with Gasteiger partial charge in [0.1, 0.15) is 5.82 Å². The molecule has 0 radical (unpaired) electrons. The van der Waals surface area contributed by atoms with Crippen LogP contribution in [0.25, 0.3) is 0 Å². The molecule has 0 amide bonds. The number of benzene rings is 1. The van der Waals surface area contributed by atoms with Gasteiger partial charge in [-0.15, -0.1) is 0 Å². The molecule has 0 fully saturated rings. The van der Waals surface area contributed by atoms with E-state index in [0.717, 1.165) is 23.6 Å². The van der Waals surface area contributed by atoms with Gasteiger partial charge in [0.2, 0.25) is 0 Å². The lowest BCUT2D eigenvalue weighted by atomic mass is 10.1. The number of hydrogen-bond donors (Lipinski definition) is 1. The summed E-state index contributed by atoms with van der Waals surface area (Å²) in [5, 5.41) is 7.24. The van der Waals surface area contributed by atoms with Crippen molar-refractivity contribution in [3.63, 3.8) is 0 Å². The Morgan fingerprint density at radius 2 is 2.05 bits per heavy atom. The molecule has 0 aliphatic rings. The first-order chi connectivity index (χ1) is 9.68. The van der Waals surface area contributed by atoms with Crippen molar-refractivity contribution in [2.24, 2.45) is 7.05 Å². The van der Waals surface area contributed by atoms with Gasteiger partial charge in [0.05, 0.1) is 22.3 Å². The minimum absolute atomic E-state index is 0.0847. The molecule has 0 saturated carbocycles. The van der Waals surface area contributed by atoms with E-state index in [1.807, 2.05) is 27.1 Å². The van der Waals surface area contributed by atoms with Crippen molar-refractivity contribution in [1.29, 1.82) is 0 Å². The van der Waals surface area contributed by atoms with Crippen LogP contribution < -0.4 is 5.32 Å². The van der Waals surface area contributed by atoms with E-state index in [2.05, 4.69) is 10.4 Å². The lowest BCUT2D eigenvalue weighted by Gasteiger charge is -2.16. The third-order valence-corrected chi connectivity index (χ3v) is 4.37. The Morgan fingerprint density at radius 3 is 2.57 bits per heavy atom. The van der Waals surface area contributed by atoms with Crippen molar-refractivity contribution in [1.82, 2.24) is 9.78 Å². The van der Waals surface area contributed by atoms with Crippen LogP contribution >= 0.6 is 0 Å². The predicted molar refractivity (Wildman–Crippen MR) is 79.5 cm³/mol. The van der Waals surface area contributed by atoms with Crippen LogP contribution in [0, 0.1) is 12.7 Å². The first-order valence-electron chi connectivity index (χ1n) is 6.45. The van der Waals surface area contributed by atoms with Crippen molar-refractivity contribution >= 4 is 15.5 Å². The van der Waals surface area contributed by atoms with Crippen LogP contribution in [-0.4, -0.2) is 24.5 Å². The largest absolute Gasteiger partial charge is 0.376 e. The first-order valence-corrected chi connectivity index (χ1v) is 8.34. The summed E-state index contributed by atoms with van der Waals surface area (Å²) in [6.45, 7) is 3.74. The SMILES string of the molecule is Cc1nn(C)cc1C(C)Nc1cc(S(C)(=O)=O)ccc1F. The summed E-state index contributed by atoms with van der Waals surface area (Å²) in [5.41, 5.74) is 1.94. The van der Waals surface area contributed by atoms with Crippen LogP contribution in [0.4, 0.5) is 10.1 Å². The van der Waals surface area contributed by atoms with Crippen molar-refractivity contribution in [3.05, 3.63) is 41.5 Å². The maximum Gasteiger partial charge on any atom is 0.175 e. The fourth-order valence-corrected chi connectivity index (χ4v) is 2.85. The number of aromatic nitrogens is 2. The number of sulfone groups is 1. The third-order valence-electron chi connectivity index (χ3n) is 3.26. The van der Waals surface area contributed by atoms with Gasteiger partial charge in [0.25, 0.3) is 0 Å². The molecular formula is C14H18FN3O2S. The highest BCUT2D eigenvalue weighted by Gasteiger charge is 2.16. The molecule has 114 valence electrons. The van der Waals surface area contributed by atoms with Crippen molar-refractivity contribution in [2.75, 3.05) is 11.6 Å². The zero-order valence-corrected chi connectivity index (χ0v) is 13.2. The molecule has 2 rings (SSSR count). The summed E-state index contributed by atoms with van der Waals surface area (Å²) in [4.78, 5) is 0.0847. The molecule has 1 heterocycles. The number of halogens is 1. The van der Waals surface area contributed by atoms with Crippen LogP contribution in [0.5, 0.6) is 0 Å². The van der Waals surface area contributed by atoms with Crippen LogP contribution in [0.3, 0.4) is 0 Å². The molecule has 1 atom stereocenters. The van der Waals surface area contributed by atoms with E-state index < -0.39 is 15.7 Å². The standard InChI is InChI=1S/C14H18FN3O2S/c1-9(12-8-18(3)17-10(12)2)16-14-7-11(21(4,19)20)5-6-13(14)15/h5-9,16H,1-4H3. The van der Waals surface area contributed by atoms with Crippen LogP contribution in [0.1, 0.15) is 24.2 Å². The van der Waals surface area contributed by atoms with Crippen LogP contribution in [0.2, 0.25) is 0 Å². The Morgan fingerprint density at radius 1 is 1.38 bits per heavy atom. The molecule has 7 heteroatoms. The number of anilines is 1. The summed E-state index contributed by atoms with van der Waals surface area (Å²) in [6, 6.07) is 3.53. The first kappa shape index (κ1) is 15.5. The van der Waals surface area contributed by atoms with Crippen LogP contribution in [0.15, 0.2) is 29.3 Å². The summed E-state index contributed by atoms with van der Waals surface area (Å²) < 4.78 is 38.6. The van der Waals surface area contributed by atoms with Gasteiger partial charge >= 0.3 is 0 Å². The van der Waals surface area contributed by atoms with Crippen molar-refractivity contribution < 1.29 is 12.8 Å². The fourth-order valence-electron chi connectivity index (χ4n) is 2.20. The Bertz CT molecular complexity index is 769. The van der Waals surface area contributed by atoms with E-state index in [-0.39, 0.29) is 16.6 Å². The fraction of sp³-hybridized carbons (Fsp3) is 0.357. The second-order valence-electron chi connectivity index (χ2n) is 5.12. The maximum absolute atomic E-state index is 13.9. The molecule has 5 nitrogen and oxygen atoms in total. The molecule has 1 aromatic heterocycles. The molecule has 0 spiro atoms. The maximum atomic E-state index is 13.9. The molecule has 1 unspecified atom stereocenters. The molecule has 0 aliphatic carbocycles. The molecule has 0 saturated heterocycles. The average Bonchev–Trinajstić information content (AvgIpc) is 2.70. The molecular weight excluding hydrogens is 293 g/mol. The number of hydrogen-bond acceptors (Lipinski definition) is 4. The Labute approximate surface area is 123 Å². The molecule has 1 aromatic carbocycles. The van der Waals surface area contributed by atoms with E-state index in [0.29, 0.717) is 0 Å². The van der Waals surface area contributed by atoms with Gasteiger partial charge in [0.15, 0.2) is 9.84 Å². The van der Waals surface area contributed by atoms with Gasteiger partial charge < -0.3 is 5.32 Å². The zero-order valence-electron chi connectivity index (χ0n) is 12.4. The van der Waals surface area contributed by atoms with Gasteiger partial charge in [-0.25, -0.2) is 12.8 Å². The normalized spacial score (nSPS) is 13.2. The monoisotopic (exact) mass is 311 g/mol. The molecule has 21 heavy (non-hydrogen) atoms. The Kier molecular flexibility index (Phi) is 4.04. The van der Waals surface area contributed by atoms with E-state index in [4.69, 9.17) is 0 Å². The quantitative estimate of drug-likeness (QED) is 0.881. The highest BCUT2D eigenvalue weighted by molar-refractivity contribution is 7.90. The van der Waals surface area contributed by atoms with E-state index in [9.17, 15) is 12.8 Å². The third kappa shape index (κ3) is 3.41. The summed E-state index contributed by atoms with van der Waals surface area (Å²) in [6.07, 6.45) is 2.95. The van der Waals surface area contributed by atoms with E-state index in [1.165, 1.54) is 12.1 Å². The van der Waals surface area contributed by atoms with E-state index in [1.54, 1.807) is 4.68 Å². The predicted octanol–water partition coefficient (Wildman–Crippen LogP) is 2.44. The highest BCUT2D eigenvalue weighted by atomic mass is 32.2. The van der Waals surface area contributed by atoms with Gasteiger partial charge in [-0.2, -0.15) is 5.10 Å². The second-order valence-corrected chi connectivity index (χ2v) is 7.14. The minimum Gasteiger partial charge on any atom is -0.376 e. The van der Waals surface area contributed by atoms with Crippen molar-refractivity contribution in [2.45, 2.75) is 24.8 Å². The van der Waals surface area contributed by atoms with Gasteiger partial charge in [-0.05, 0) is 32.0 Å². The smallest absolute Gasteiger partial charge is 0.175 e. The Balaban J connectivity index is 2.33. The summed E-state index contributed by atoms with van der Waals surface area (Å²) in [5.74, 6) is -0.490. The lowest BCUT2D eigenvalue weighted by molar-refractivity contribution is 0.600.